The maximum absolute atomic E-state index is 12.0. The standard InChI is InChI=1S/C14H21ClN2O.ClH/c1-4-13(11-6-5-7-12(15)8-11)17-14(18)9(2)10(3)16;/h5-10,13H,4,16H2,1-3H3,(H,17,18);1H. The van der Waals surface area contributed by atoms with Crippen molar-refractivity contribution in [2.75, 3.05) is 0 Å². The number of carbonyl (C=O) groups is 1. The summed E-state index contributed by atoms with van der Waals surface area (Å²) in [6, 6.07) is 7.40. The van der Waals surface area contributed by atoms with E-state index in [2.05, 4.69) is 5.32 Å². The highest BCUT2D eigenvalue weighted by Crippen LogP contribution is 2.20. The van der Waals surface area contributed by atoms with Crippen LogP contribution in [0.2, 0.25) is 5.02 Å². The second-order valence-corrected chi connectivity index (χ2v) is 5.11. The summed E-state index contributed by atoms with van der Waals surface area (Å²) in [6.45, 7) is 5.71. The van der Waals surface area contributed by atoms with Gasteiger partial charge < -0.3 is 11.1 Å². The molecule has 0 aliphatic rings. The predicted molar refractivity (Wildman–Crippen MR) is 82.7 cm³/mol. The lowest BCUT2D eigenvalue weighted by Gasteiger charge is -2.22. The lowest BCUT2D eigenvalue weighted by Crippen LogP contribution is -2.40. The molecule has 0 saturated heterocycles. The smallest absolute Gasteiger partial charge is 0.224 e. The van der Waals surface area contributed by atoms with Gasteiger partial charge in [0.25, 0.3) is 0 Å². The molecule has 3 N–H and O–H groups in total. The zero-order valence-electron chi connectivity index (χ0n) is 11.5. The minimum Gasteiger partial charge on any atom is -0.349 e. The van der Waals surface area contributed by atoms with Crippen molar-refractivity contribution < 1.29 is 4.79 Å². The third-order valence-electron chi connectivity index (χ3n) is 3.18. The third-order valence-corrected chi connectivity index (χ3v) is 3.41. The average Bonchev–Trinajstić information content (AvgIpc) is 2.34. The van der Waals surface area contributed by atoms with Crippen molar-refractivity contribution in [3.05, 3.63) is 34.9 Å². The van der Waals surface area contributed by atoms with Gasteiger partial charge in [0.2, 0.25) is 5.91 Å². The van der Waals surface area contributed by atoms with E-state index < -0.39 is 0 Å². The van der Waals surface area contributed by atoms with E-state index in [-0.39, 0.29) is 36.3 Å². The molecule has 0 saturated carbocycles. The van der Waals surface area contributed by atoms with Crippen LogP contribution in [0.25, 0.3) is 0 Å². The maximum atomic E-state index is 12.0. The van der Waals surface area contributed by atoms with Gasteiger partial charge in [0.05, 0.1) is 6.04 Å². The van der Waals surface area contributed by atoms with Gasteiger partial charge in [-0.15, -0.1) is 12.4 Å². The van der Waals surface area contributed by atoms with Crippen molar-refractivity contribution in [3.63, 3.8) is 0 Å². The molecule has 1 aromatic carbocycles. The van der Waals surface area contributed by atoms with E-state index in [4.69, 9.17) is 17.3 Å². The predicted octanol–water partition coefficient (Wildman–Crippen LogP) is 3.31. The quantitative estimate of drug-likeness (QED) is 0.877. The first-order chi connectivity index (χ1) is 8.45. The zero-order chi connectivity index (χ0) is 13.7. The highest BCUT2D eigenvalue weighted by atomic mass is 35.5. The number of nitrogens with two attached hydrogens (primary N) is 1. The Bertz CT molecular complexity index is 410. The van der Waals surface area contributed by atoms with Crippen LogP contribution in [-0.2, 0) is 4.79 Å². The number of hydrogen-bond acceptors (Lipinski definition) is 2. The molecular weight excluding hydrogens is 283 g/mol. The van der Waals surface area contributed by atoms with Crippen molar-refractivity contribution >= 4 is 29.9 Å². The highest BCUT2D eigenvalue weighted by Gasteiger charge is 2.20. The number of rotatable bonds is 5. The maximum Gasteiger partial charge on any atom is 0.224 e. The van der Waals surface area contributed by atoms with Crippen molar-refractivity contribution in [2.45, 2.75) is 39.3 Å². The van der Waals surface area contributed by atoms with Crippen LogP contribution in [0, 0.1) is 5.92 Å². The lowest BCUT2D eigenvalue weighted by molar-refractivity contribution is -0.125. The number of hydrogen-bond donors (Lipinski definition) is 2. The molecular formula is C14H22Cl2N2O. The van der Waals surface area contributed by atoms with Crippen LogP contribution in [0.4, 0.5) is 0 Å². The van der Waals surface area contributed by atoms with Crippen LogP contribution in [0.5, 0.6) is 0 Å². The number of nitrogens with one attached hydrogen (secondary N) is 1. The van der Waals surface area contributed by atoms with Gasteiger partial charge in [0, 0.05) is 17.0 Å². The van der Waals surface area contributed by atoms with E-state index in [1.54, 1.807) is 0 Å². The molecule has 3 unspecified atom stereocenters. The van der Waals surface area contributed by atoms with E-state index in [1.807, 2.05) is 45.0 Å². The number of benzene rings is 1. The van der Waals surface area contributed by atoms with Gasteiger partial charge in [-0.05, 0) is 31.0 Å². The van der Waals surface area contributed by atoms with Gasteiger partial charge >= 0.3 is 0 Å². The topological polar surface area (TPSA) is 55.1 Å². The molecule has 3 atom stereocenters. The van der Waals surface area contributed by atoms with E-state index in [1.165, 1.54) is 0 Å². The molecule has 3 nitrogen and oxygen atoms in total. The molecule has 5 heteroatoms. The molecule has 1 rings (SSSR count). The summed E-state index contributed by atoms with van der Waals surface area (Å²) in [5.41, 5.74) is 6.76. The first-order valence-corrected chi connectivity index (χ1v) is 6.65. The Hall–Kier alpha value is -0.770. The summed E-state index contributed by atoms with van der Waals surface area (Å²) >= 11 is 5.96. The molecule has 1 amide bonds. The largest absolute Gasteiger partial charge is 0.349 e. The molecule has 0 aliphatic carbocycles. The number of halogens is 2. The fourth-order valence-electron chi connectivity index (χ4n) is 1.69. The lowest BCUT2D eigenvalue weighted by atomic mass is 10.0. The van der Waals surface area contributed by atoms with E-state index in [0.717, 1.165) is 12.0 Å². The zero-order valence-corrected chi connectivity index (χ0v) is 13.1. The summed E-state index contributed by atoms with van der Waals surface area (Å²) in [4.78, 5) is 12.0. The Morgan fingerprint density at radius 1 is 1.42 bits per heavy atom. The van der Waals surface area contributed by atoms with E-state index >= 15 is 0 Å². The first-order valence-electron chi connectivity index (χ1n) is 6.27. The van der Waals surface area contributed by atoms with Crippen molar-refractivity contribution in [2.24, 2.45) is 11.7 Å². The average molecular weight is 305 g/mol. The molecule has 0 heterocycles. The van der Waals surface area contributed by atoms with Crippen molar-refractivity contribution in [1.29, 1.82) is 0 Å². The SMILES string of the molecule is CCC(NC(=O)C(C)C(C)N)c1cccc(Cl)c1.Cl. The molecule has 1 aromatic rings. The van der Waals surface area contributed by atoms with E-state index in [0.29, 0.717) is 5.02 Å². The number of amides is 1. The third kappa shape index (κ3) is 5.39. The Labute approximate surface area is 126 Å². The van der Waals surface area contributed by atoms with Crippen molar-refractivity contribution in [1.82, 2.24) is 5.32 Å². The Morgan fingerprint density at radius 2 is 2.05 bits per heavy atom. The summed E-state index contributed by atoms with van der Waals surface area (Å²) in [7, 11) is 0. The monoisotopic (exact) mass is 304 g/mol. The Balaban J connectivity index is 0.00000324. The molecule has 0 fully saturated rings. The van der Waals surface area contributed by atoms with Crippen LogP contribution in [0.1, 0.15) is 38.8 Å². The summed E-state index contributed by atoms with van der Waals surface area (Å²) in [5, 5.41) is 3.69. The highest BCUT2D eigenvalue weighted by molar-refractivity contribution is 6.30. The fraction of sp³-hybridized carbons (Fsp3) is 0.500. The molecule has 0 spiro atoms. The van der Waals surface area contributed by atoms with Crippen LogP contribution < -0.4 is 11.1 Å². The molecule has 0 aliphatic heterocycles. The minimum atomic E-state index is -0.196. The molecule has 0 radical (unpaired) electrons. The van der Waals surface area contributed by atoms with E-state index in [9.17, 15) is 4.79 Å². The van der Waals surface area contributed by atoms with Crippen LogP contribution in [-0.4, -0.2) is 11.9 Å². The summed E-state index contributed by atoms with van der Waals surface area (Å²) in [6.07, 6.45) is 0.817. The Morgan fingerprint density at radius 3 is 2.53 bits per heavy atom. The Kier molecular flexibility index (Phi) is 8.07. The van der Waals surface area contributed by atoms with Gasteiger partial charge in [0.15, 0.2) is 0 Å². The fourth-order valence-corrected chi connectivity index (χ4v) is 1.89. The number of carbonyl (C=O) groups excluding carboxylic acids is 1. The molecule has 0 aromatic heterocycles. The van der Waals surface area contributed by atoms with Gasteiger partial charge in [-0.1, -0.05) is 37.6 Å². The second kappa shape index (κ2) is 8.41. The van der Waals surface area contributed by atoms with Crippen LogP contribution in [0.15, 0.2) is 24.3 Å². The summed E-state index contributed by atoms with van der Waals surface area (Å²) < 4.78 is 0. The first kappa shape index (κ1) is 18.2. The van der Waals surface area contributed by atoms with Crippen LogP contribution in [0.3, 0.4) is 0 Å². The van der Waals surface area contributed by atoms with Gasteiger partial charge in [-0.3, -0.25) is 4.79 Å². The molecule has 108 valence electrons. The normalized spacial score (nSPS) is 15.0. The molecule has 0 bridgehead atoms. The summed E-state index contributed by atoms with van der Waals surface area (Å²) in [5.74, 6) is -0.213. The minimum absolute atomic E-state index is 0. The van der Waals surface area contributed by atoms with Gasteiger partial charge in [-0.2, -0.15) is 0 Å². The van der Waals surface area contributed by atoms with Crippen LogP contribution >= 0.6 is 24.0 Å². The molecule has 19 heavy (non-hydrogen) atoms. The van der Waals surface area contributed by atoms with Gasteiger partial charge in [-0.25, -0.2) is 0 Å². The van der Waals surface area contributed by atoms with Gasteiger partial charge in [0.1, 0.15) is 0 Å². The van der Waals surface area contributed by atoms with Crippen molar-refractivity contribution in [3.8, 4) is 0 Å². The second-order valence-electron chi connectivity index (χ2n) is 4.67.